The number of alkyl halides is 2. The fourth-order valence-electron chi connectivity index (χ4n) is 1.15. The predicted molar refractivity (Wildman–Crippen MR) is 62.1 cm³/mol. The molecule has 6 nitrogen and oxygen atoms in total. The molecule has 0 aliphatic rings. The van der Waals surface area contributed by atoms with Crippen molar-refractivity contribution in [2.45, 2.75) is 17.1 Å². The molecule has 0 aromatic carbocycles. The number of rotatable bonds is 6. The van der Waals surface area contributed by atoms with Crippen molar-refractivity contribution in [1.29, 1.82) is 0 Å². The first-order valence-corrected chi connectivity index (χ1v) is 7.29. The van der Waals surface area contributed by atoms with Gasteiger partial charge in [-0.2, -0.15) is 8.78 Å². The number of hydrogen-bond donors (Lipinski definition) is 2. The minimum atomic E-state index is -4.85. The number of carboxylic acids is 1. The molecule has 0 bridgehead atoms. The van der Waals surface area contributed by atoms with Gasteiger partial charge in [0.1, 0.15) is 4.88 Å². The SMILES string of the molecule is O=C(O)CCNC(=O)c1sccc1S(=O)(=O)C(F)F. The van der Waals surface area contributed by atoms with Crippen LogP contribution in [0.15, 0.2) is 16.3 Å². The summed E-state index contributed by atoms with van der Waals surface area (Å²) >= 11 is 0.689. The Hall–Kier alpha value is -1.55. The van der Waals surface area contributed by atoms with E-state index >= 15 is 0 Å². The molecule has 0 atom stereocenters. The van der Waals surface area contributed by atoms with E-state index in [4.69, 9.17) is 5.11 Å². The van der Waals surface area contributed by atoms with Gasteiger partial charge in [0.15, 0.2) is 0 Å². The van der Waals surface area contributed by atoms with E-state index in [2.05, 4.69) is 5.32 Å². The van der Waals surface area contributed by atoms with Crippen molar-refractivity contribution >= 4 is 33.1 Å². The van der Waals surface area contributed by atoms with Gasteiger partial charge in [-0.1, -0.05) is 0 Å². The summed E-state index contributed by atoms with van der Waals surface area (Å²) in [4.78, 5) is 20.7. The molecule has 1 rings (SSSR count). The summed E-state index contributed by atoms with van der Waals surface area (Å²) in [7, 11) is -4.85. The van der Waals surface area contributed by atoms with Crippen LogP contribution in [-0.4, -0.2) is 37.7 Å². The normalized spacial score (nSPS) is 11.5. The quantitative estimate of drug-likeness (QED) is 0.814. The minimum Gasteiger partial charge on any atom is -0.481 e. The topological polar surface area (TPSA) is 101 Å². The van der Waals surface area contributed by atoms with E-state index in [1.54, 1.807) is 0 Å². The maximum absolute atomic E-state index is 12.4. The highest BCUT2D eigenvalue weighted by Gasteiger charge is 2.31. The standard InChI is InChI=1S/C9H9F2NO5S2/c10-9(11)19(16,17)5-2-4-18-7(5)8(15)12-3-1-6(13)14/h2,4,9H,1,3H2,(H,12,15)(H,13,14). The zero-order chi connectivity index (χ0) is 14.6. The number of thiophene rings is 1. The number of carbonyl (C=O) groups is 2. The Kier molecular flexibility index (Phi) is 4.95. The average Bonchev–Trinajstić information content (AvgIpc) is 2.77. The maximum Gasteiger partial charge on any atom is 0.341 e. The Morgan fingerprint density at radius 2 is 2.05 bits per heavy atom. The van der Waals surface area contributed by atoms with Crippen LogP contribution in [-0.2, 0) is 14.6 Å². The fourth-order valence-corrected chi connectivity index (χ4v) is 3.23. The molecule has 0 saturated carbocycles. The van der Waals surface area contributed by atoms with E-state index in [0.717, 1.165) is 6.07 Å². The summed E-state index contributed by atoms with van der Waals surface area (Å²) < 4.78 is 47.3. The number of carbonyl (C=O) groups excluding carboxylic acids is 1. The van der Waals surface area contributed by atoms with Crippen LogP contribution in [0.4, 0.5) is 8.78 Å². The van der Waals surface area contributed by atoms with Crippen LogP contribution in [0.5, 0.6) is 0 Å². The molecule has 1 amide bonds. The van der Waals surface area contributed by atoms with Crippen molar-refractivity contribution in [1.82, 2.24) is 5.32 Å². The molecule has 1 aromatic heterocycles. The highest BCUT2D eigenvalue weighted by Crippen LogP contribution is 2.26. The lowest BCUT2D eigenvalue weighted by atomic mass is 10.4. The molecular weight excluding hydrogens is 304 g/mol. The molecule has 0 fully saturated rings. The average molecular weight is 313 g/mol. The van der Waals surface area contributed by atoms with Gasteiger partial charge in [0, 0.05) is 6.54 Å². The molecule has 0 aliphatic heterocycles. The number of amides is 1. The van der Waals surface area contributed by atoms with E-state index in [9.17, 15) is 26.8 Å². The second-order valence-corrected chi connectivity index (χ2v) is 6.12. The molecule has 0 unspecified atom stereocenters. The largest absolute Gasteiger partial charge is 0.481 e. The van der Waals surface area contributed by atoms with E-state index in [0.29, 0.717) is 11.3 Å². The molecule has 1 aromatic rings. The number of sulfone groups is 1. The summed E-state index contributed by atoms with van der Waals surface area (Å²) in [5.41, 5.74) is 0. The smallest absolute Gasteiger partial charge is 0.341 e. The first-order chi connectivity index (χ1) is 8.76. The lowest BCUT2D eigenvalue weighted by Gasteiger charge is -2.05. The predicted octanol–water partition coefficient (Wildman–Crippen LogP) is 0.949. The molecule has 106 valence electrons. The van der Waals surface area contributed by atoms with Crippen LogP contribution in [0, 0.1) is 0 Å². The van der Waals surface area contributed by atoms with Crippen molar-refractivity contribution < 1.29 is 31.9 Å². The molecule has 1 heterocycles. The van der Waals surface area contributed by atoms with E-state index in [1.807, 2.05) is 0 Å². The van der Waals surface area contributed by atoms with Gasteiger partial charge in [-0.25, -0.2) is 8.42 Å². The molecule has 0 radical (unpaired) electrons. The molecule has 0 aliphatic carbocycles. The third-order valence-corrected chi connectivity index (χ3v) is 4.47. The number of nitrogens with one attached hydrogen (secondary N) is 1. The van der Waals surface area contributed by atoms with Gasteiger partial charge in [0.25, 0.3) is 5.91 Å². The molecule has 0 saturated heterocycles. The number of aliphatic carboxylic acids is 1. The van der Waals surface area contributed by atoms with Crippen LogP contribution in [0.1, 0.15) is 16.1 Å². The summed E-state index contributed by atoms with van der Waals surface area (Å²) in [6, 6.07) is 0.915. The number of hydrogen-bond acceptors (Lipinski definition) is 5. The Labute approximate surface area is 111 Å². The van der Waals surface area contributed by atoms with Crippen molar-refractivity contribution in [3.8, 4) is 0 Å². The van der Waals surface area contributed by atoms with Gasteiger partial charge >= 0.3 is 11.7 Å². The zero-order valence-electron chi connectivity index (χ0n) is 9.30. The molecule has 10 heteroatoms. The first-order valence-electron chi connectivity index (χ1n) is 4.86. The van der Waals surface area contributed by atoms with E-state index < -0.39 is 32.4 Å². The Morgan fingerprint density at radius 3 is 2.58 bits per heavy atom. The minimum absolute atomic E-state index is 0.222. The molecular formula is C9H9F2NO5S2. The lowest BCUT2D eigenvalue weighted by Crippen LogP contribution is -2.27. The number of carboxylic acid groups (broad SMARTS) is 1. The zero-order valence-corrected chi connectivity index (χ0v) is 10.9. The molecule has 0 spiro atoms. The lowest BCUT2D eigenvalue weighted by molar-refractivity contribution is -0.136. The highest BCUT2D eigenvalue weighted by atomic mass is 32.2. The van der Waals surface area contributed by atoms with Crippen LogP contribution in [0.3, 0.4) is 0 Å². The second-order valence-electron chi connectivity index (χ2n) is 3.32. The third-order valence-electron chi connectivity index (χ3n) is 2.00. The monoisotopic (exact) mass is 313 g/mol. The van der Waals surface area contributed by atoms with Gasteiger partial charge in [0.05, 0.1) is 11.3 Å². The summed E-state index contributed by atoms with van der Waals surface area (Å²) in [6.07, 6.45) is -0.353. The van der Waals surface area contributed by atoms with Crippen molar-refractivity contribution in [2.24, 2.45) is 0 Å². The van der Waals surface area contributed by atoms with Crippen LogP contribution >= 0.6 is 11.3 Å². The van der Waals surface area contributed by atoms with Crippen LogP contribution in [0.2, 0.25) is 0 Å². The Bertz CT molecular complexity index is 581. The first kappa shape index (κ1) is 15.5. The Morgan fingerprint density at radius 1 is 1.42 bits per heavy atom. The van der Waals surface area contributed by atoms with E-state index in [1.165, 1.54) is 5.38 Å². The summed E-state index contributed by atoms with van der Waals surface area (Å²) in [5, 5.41) is 11.7. The van der Waals surface area contributed by atoms with Gasteiger partial charge in [-0.15, -0.1) is 11.3 Å². The number of halogens is 2. The van der Waals surface area contributed by atoms with Crippen molar-refractivity contribution in [2.75, 3.05) is 6.54 Å². The summed E-state index contributed by atoms with van der Waals surface area (Å²) in [5.74, 6) is -5.66. The van der Waals surface area contributed by atoms with Crippen LogP contribution in [0.25, 0.3) is 0 Å². The summed E-state index contributed by atoms with van der Waals surface area (Å²) in [6.45, 7) is -0.222. The van der Waals surface area contributed by atoms with Gasteiger partial charge in [-0.3, -0.25) is 9.59 Å². The van der Waals surface area contributed by atoms with Gasteiger partial charge < -0.3 is 10.4 Å². The fraction of sp³-hybridized carbons (Fsp3) is 0.333. The second kappa shape index (κ2) is 6.06. The van der Waals surface area contributed by atoms with E-state index in [-0.39, 0.29) is 17.8 Å². The van der Waals surface area contributed by atoms with Gasteiger partial charge in [-0.05, 0) is 11.4 Å². The Balaban J connectivity index is 2.89. The van der Waals surface area contributed by atoms with Crippen LogP contribution < -0.4 is 5.32 Å². The molecule has 2 N–H and O–H groups in total. The maximum atomic E-state index is 12.4. The highest BCUT2D eigenvalue weighted by molar-refractivity contribution is 7.92. The third kappa shape index (κ3) is 3.70. The molecule has 19 heavy (non-hydrogen) atoms. The van der Waals surface area contributed by atoms with Crippen molar-refractivity contribution in [3.05, 3.63) is 16.3 Å². The van der Waals surface area contributed by atoms with Gasteiger partial charge in [0.2, 0.25) is 9.84 Å². The van der Waals surface area contributed by atoms with Crippen molar-refractivity contribution in [3.63, 3.8) is 0 Å².